The van der Waals surface area contributed by atoms with E-state index in [1.165, 1.54) is 95.5 Å². The summed E-state index contributed by atoms with van der Waals surface area (Å²) in [6, 6.07) is 0. The van der Waals surface area contributed by atoms with Gasteiger partial charge in [-0.25, -0.2) is 0 Å². The third-order valence-electron chi connectivity index (χ3n) is 5.31. The van der Waals surface area contributed by atoms with Gasteiger partial charge < -0.3 is 0 Å². The van der Waals surface area contributed by atoms with Crippen molar-refractivity contribution in [3.05, 3.63) is 12.2 Å². The summed E-state index contributed by atoms with van der Waals surface area (Å²) in [5.41, 5.74) is 1.52. The number of unbranched alkanes of at least 4 members (excludes halogenated alkanes) is 4. The van der Waals surface area contributed by atoms with Gasteiger partial charge in [0.25, 0.3) is 0 Å². The molecule has 0 aromatic rings. The lowest BCUT2D eigenvalue weighted by molar-refractivity contribution is 0.401. The Morgan fingerprint density at radius 2 is 1.27 bits per heavy atom. The predicted molar refractivity (Wildman–Crippen MR) is 103 cm³/mol. The topological polar surface area (TPSA) is 0 Å². The van der Waals surface area contributed by atoms with Gasteiger partial charge in [-0.2, -0.15) is 0 Å². The highest BCUT2D eigenvalue weighted by molar-refractivity contribution is 4.95. The second kappa shape index (κ2) is 15.6. The average Bonchev–Trinajstić information content (AvgIpc) is 2.53. The molecule has 0 heterocycles. The molecular weight excluding hydrogens is 264 g/mol. The Kier molecular flexibility index (Phi) is 15.4. The Hall–Kier alpha value is -0.260. The third kappa shape index (κ3) is 12.3. The first kappa shape index (κ1) is 21.7. The minimum absolute atomic E-state index is 0.895. The van der Waals surface area contributed by atoms with Crippen LogP contribution in [0.4, 0.5) is 0 Å². The van der Waals surface area contributed by atoms with Gasteiger partial charge >= 0.3 is 0 Å². The maximum absolute atomic E-state index is 4.37. The highest BCUT2D eigenvalue weighted by atomic mass is 14.2. The fourth-order valence-corrected chi connectivity index (χ4v) is 3.51. The maximum atomic E-state index is 4.37. The molecule has 0 amide bonds. The van der Waals surface area contributed by atoms with Crippen LogP contribution in [0.1, 0.15) is 118 Å². The molecule has 132 valence electrons. The van der Waals surface area contributed by atoms with Gasteiger partial charge in [-0.3, -0.25) is 0 Å². The van der Waals surface area contributed by atoms with E-state index in [1.807, 2.05) is 0 Å². The monoisotopic (exact) mass is 308 g/mol. The molecule has 0 spiro atoms. The molecule has 0 bridgehead atoms. The van der Waals surface area contributed by atoms with Crippen molar-refractivity contribution in [2.75, 3.05) is 0 Å². The Morgan fingerprint density at radius 1 is 0.682 bits per heavy atom. The van der Waals surface area contributed by atoms with Crippen molar-refractivity contribution < 1.29 is 0 Å². The van der Waals surface area contributed by atoms with E-state index in [0.717, 1.165) is 11.8 Å². The molecule has 0 fully saturated rings. The Balaban J connectivity index is 3.80. The van der Waals surface area contributed by atoms with Crippen LogP contribution >= 0.6 is 0 Å². The molecule has 0 nitrogen and oxygen atoms in total. The van der Waals surface area contributed by atoms with Crippen LogP contribution in [0.25, 0.3) is 0 Å². The first-order chi connectivity index (χ1) is 10.7. The van der Waals surface area contributed by atoms with Crippen LogP contribution in [0.2, 0.25) is 0 Å². The predicted octanol–water partition coefficient (Wildman–Crippen LogP) is 8.32. The SMILES string of the molecule is C=C(CCCC(CC)CCCC)CC(CC)CCCCCC. The molecule has 0 rings (SSSR count). The van der Waals surface area contributed by atoms with E-state index in [1.54, 1.807) is 0 Å². The van der Waals surface area contributed by atoms with Crippen LogP contribution < -0.4 is 0 Å². The summed E-state index contributed by atoms with van der Waals surface area (Å²) in [5.74, 6) is 1.86. The van der Waals surface area contributed by atoms with Crippen LogP contribution in [0.3, 0.4) is 0 Å². The van der Waals surface area contributed by atoms with Gasteiger partial charge in [-0.05, 0) is 31.1 Å². The number of allylic oxidation sites excluding steroid dienone is 1. The molecule has 0 aromatic heterocycles. The third-order valence-corrected chi connectivity index (χ3v) is 5.31. The highest BCUT2D eigenvalue weighted by Crippen LogP contribution is 2.26. The summed E-state index contributed by atoms with van der Waals surface area (Å²) in [6.45, 7) is 13.7. The summed E-state index contributed by atoms with van der Waals surface area (Å²) in [4.78, 5) is 0. The molecule has 0 N–H and O–H groups in total. The zero-order valence-corrected chi connectivity index (χ0v) is 16.3. The first-order valence-corrected chi connectivity index (χ1v) is 10.3. The molecule has 2 atom stereocenters. The average molecular weight is 309 g/mol. The molecule has 2 unspecified atom stereocenters. The normalized spacial score (nSPS) is 14.0. The molecule has 0 radical (unpaired) electrons. The molecule has 0 saturated carbocycles. The van der Waals surface area contributed by atoms with Crippen LogP contribution in [0.5, 0.6) is 0 Å². The van der Waals surface area contributed by atoms with Gasteiger partial charge in [-0.1, -0.05) is 110 Å². The standard InChI is InChI=1S/C22H44/c1-6-10-12-13-17-22(9-4)19-20(5)15-14-18-21(8-3)16-11-7-2/h21-22H,5-19H2,1-4H3. The van der Waals surface area contributed by atoms with Crippen LogP contribution in [0.15, 0.2) is 12.2 Å². The summed E-state index contributed by atoms with van der Waals surface area (Å²) in [5, 5.41) is 0. The minimum Gasteiger partial charge on any atom is -0.0999 e. The molecular formula is C22H44. The van der Waals surface area contributed by atoms with Gasteiger partial charge in [0.1, 0.15) is 0 Å². The second-order valence-electron chi connectivity index (χ2n) is 7.39. The van der Waals surface area contributed by atoms with Crippen molar-refractivity contribution in [1.82, 2.24) is 0 Å². The molecule has 0 aliphatic rings. The van der Waals surface area contributed by atoms with Crippen LogP contribution in [-0.2, 0) is 0 Å². The summed E-state index contributed by atoms with van der Waals surface area (Å²) < 4.78 is 0. The van der Waals surface area contributed by atoms with E-state index < -0.39 is 0 Å². The van der Waals surface area contributed by atoms with Crippen LogP contribution in [-0.4, -0.2) is 0 Å². The lowest BCUT2D eigenvalue weighted by Gasteiger charge is -2.18. The van der Waals surface area contributed by atoms with E-state index in [9.17, 15) is 0 Å². The molecule has 0 heteroatoms. The van der Waals surface area contributed by atoms with Gasteiger partial charge in [0, 0.05) is 0 Å². The summed E-state index contributed by atoms with van der Waals surface area (Å²) in [7, 11) is 0. The van der Waals surface area contributed by atoms with Gasteiger partial charge in [0.2, 0.25) is 0 Å². The largest absolute Gasteiger partial charge is 0.0999 e. The fourth-order valence-electron chi connectivity index (χ4n) is 3.51. The van der Waals surface area contributed by atoms with Gasteiger partial charge in [0.05, 0.1) is 0 Å². The molecule has 22 heavy (non-hydrogen) atoms. The zero-order chi connectivity index (χ0) is 16.6. The van der Waals surface area contributed by atoms with Crippen molar-refractivity contribution >= 4 is 0 Å². The van der Waals surface area contributed by atoms with Gasteiger partial charge in [0.15, 0.2) is 0 Å². The molecule has 0 aromatic carbocycles. The van der Waals surface area contributed by atoms with Crippen molar-refractivity contribution in [2.45, 2.75) is 118 Å². The van der Waals surface area contributed by atoms with E-state index >= 15 is 0 Å². The minimum atomic E-state index is 0.895. The summed E-state index contributed by atoms with van der Waals surface area (Å²) in [6.07, 6.45) is 19.3. The first-order valence-electron chi connectivity index (χ1n) is 10.3. The van der Waals surface area contributed by atoms with Crippen molar-refractivity contribution in [3.63, 3.8) is 0 Å². The Labute approximate surface area is 142 Å². The molecule has 0 aliphatic heterocycles. The zero-order valence-electron chi connectivity index (χ0n) is 16.3. The van der Waals surface area contributed by atoms with E-state index in [4.69, 9.17) is 0 Å². The second-order valence-corrected chi connectivity index (χ2v) is 7.39. The number of hydrogen-bond donors (Lipinski definition) is 0. The molecule has 0 saturated heterocycles. The molecule has 0 aliphatic carbocycles. The van der Waals surface area contributed by atoms with Crippen molar-refractivity contribution in [2.24, 2.45) is 11.8 Å². The smallest absolute Gasteiger partial charge is 0.0295 e. The van der Waals surface area contributed by atoms with Crippen LogP contribution in [0, 0.1) is 11.8 Å². The van der Waals surface area contributed by atoms with E-state index in [2.05, 4.69) is 34.3 Å². The summed E-state index contributed by atoms with van der Waals surface area (Å²) >= 11 is 0. The Morgan fingerprint density at radius 3 is 1.86 bits per heavy atom. The van der Waals surface area contributed by atoms with Gasteiger partial charge in [-0.15, -0.1) is 0 Å². The van der Waals surface area contributed by atoms with Crippen molar-refractivity contribution in [3.8, 4) is 0 Å². The number of hydrogen-bond acceptors (Lipinski definition) is 0. The maximum Gasteiger partial charge on any atom is -0.0295 e. The number of rotatable bonds is 16. The lowest BCUT2D eigenvalue weighted by Crippen LogP contribution is -2.02. The Bertz CT molecular complexity index is 240. The quantitative estimate of drug-likeness (QED) is 0.198. The van der Waals surface area contributed by atoms with E-state index in [0.29, 0.717) is 0 Å². The van der Waals surface area contributed by atoms with Crippen molar-refractivity contribution in [1.29, 1.82) is 0 Å². The highest BCUT2D eigenvalue weighted by Gasteiger charge is 2.10. The van der Waals surface area contributed by atoms with E-state index in [-0.39, 0.29) is 0 Å². The fraction of sp³-hybridized carbons (Fsp3) is 0.909. The lowest BCUT2D eigenvalue weighted by atomic mass is 9.88.